The Morgan fingerprint density at radius 3 is 3.22 bits per heavy atom. The number of ether oxygens (including phenoxy) is 1. The van der Waals surface area contributed by atoms with Crippen molar-refractivity contribution >= 4 is 11.0 Å². The van der Waals surface area contributed by atoms with Crippen molar-refractivity contribution in [1.82, 2.24) is 14.9 Å². The lowest BCUT2D eigenvalue weighted by Gasteiger charge is -2.22. The van der Waals surface area contributed by atoms with Gasteiger partial charge in [0.2, 0.25) is 0 Å². The van der Waals surface area contributed by atoms with Crippen molar-refractivity contribution in [3.63, 3.8) is 0 Å². The largest absolute Gasteiger partial charge is 0.464 e. The number of imidazole rings is 1. The fraction of sp³-hybridized carbons (Fsp3) is 0.389. The van der Waals surface area contributed by atoms with Gasteiger partial charge in [0, 0.05) is 36.9 Å². The number of rotatable bonds is 4. The Kier molecular flexibility index (Phi) is 4.13. The minimum Gasteiger partial charge on any atom is -0.464 e. The maximum atomic E-state index is 5.83. The van der Waals surface area contributed by atoms with E-state index < -0.39 is 0 Å². The van der Waals surface area contributed by atoms with E-state index in [1.165, 1.54) is 10.9 Å². The molecule has 0 bridgehead atoms. The normalized spacial score (nSPS) is 19.9. The fourth-order valence-corrected chi connectivity index (χ4v) is 3.38. The van der Waals surface area contributed by atoms with E-state index in [0.29, 0.717) is 5.92 Å². The Hall–Kier alpha value is -2.11. The van der Waals surface area contributed by atoms with Crippen molar-refractivity contribution in [2.45, 2.75) is 13.0 Å². The number of hydrogen-bond donors (Lipinski definition) is 1. The van der Waals surface area contributed by atoms with Gasteiger partial charge >= 0.3 is 0 Å². The molecule has 2 aromatic heterocycles. The second-order valence-corrected chi connectivity index (χ2v) is 6.21. The number of H-pyrrole nitrogens is 1. The molecule has 1 saturated heterocycles. The van der Waals surface area contributed by atoms with Crippen molar-refractivity contribution < 1.29 is 9.15 Å². The van der Waals surface area contributed by atoms with Gasteiger partial charge in [0.1, 0.15) is 5.58 Å². The second kappa shape index (κ2) is 6.56. The summed E-state index contributed by atoms with van der Waals surface area (Å²) in [5, 5.41) is 1.22. The molecule has 5 heteroatoms. The molecule has 120 valence electrons. The maximum absolute atomic E-state index is 5.83. The Bertz CT molecular complexity index is 751. The zero-order chi connectivity index (χ0) is 15.5. The Balaban J connectivity index is 1.48. The molecule has 0 unspecified atom stereocenters. The van der Waals surface area contributed by atoms with Gasteiger partial charge in [-0.3, -0.25) is 4.90 Å². The zero-order valence-corrected chi connectivity index (χ0v) is 13.1. The van der Waals surface area contributed by atoms with Crippen molar-refractivity contribution in [1.29, 1.82) is 0 Å². The van der Waals surface area contributed by atoms with Crippen LogP contribution in [-0.4, -0.2) is 41.2 Å². The van der Waals surface area contributed by atoms with Gasteiger partial charge in [0.25, 0.3) is 0 Å². The molecule has 1 N–H and O–H groups in total. The first-order chi connectivity index (χ1) is 11.4. The first-order valence-electron chi connectivity index (χ1n) is 8.11. The lowest BCUT2D eigenvalue weighted by molar-refractivity contribution is 0.122. The summed E-state index contributed by atoms with van der Waals surface area (Å²) in [4.78, 5) is 9.73. The van der Waals surface area contributed by atoms with Gasteiger partial charge in [-0.15, -0.1) is 0 Å². The molecular formula is C18H21N3O2. The third kappa shape index (κ3) is 3.30. The fourth-order valence-electron chi connectivity index (χ4n) is 3.38. The molecule has 1 aromatic carbocycles. The molecule has 1 aliphatic rings. The summed E-state index contributed by atoms with van der Waals surface area (Å²) in [6.07, 6.45) is 6.41. The monoisotopic (exact) mass is 311 g/mol. The molecule has 23 heavy (non-hydrogen) atoms. The molecule has 0 aliphatic carbocycles. The minimum absolute atomic E-state index is 0.487. The van der Waals surface area contributed by atoms with Crippen LogP contribution in [0.15, 0.2) is 47.5 Å². The van der Waals surface area contributed by atoms with E-state index in [2.05, 4.69) is 33.1 Å². The van der Waals surface area contributed by atoms with Crippen LogP contribution in [0.4, 0.5) is 0 Å². The predicted octanol–water partition coefficient (Wildman–Crippen LogP) is 2.85. The van der Waals surface area contributed by atoms with E-state index in [1.807, 2.05) is 12.3 Å². The minimum atomic E-state index is 0.487. The molecular weight excluding hydrogens is 290 g/mol. The van der Waals surface area contributed by atoms with Gasteiger partial charge < -0.3 is 14.1 Å². The zero-order valence-electron chi connectivity index (χ0n) is 13.1. The number of aromatic amines is 1. The molecule has 0 spiro atoms. The highest BCUT2D eigenvalue weighted by Crippen LogP contribution is 2.23. The number of furan rings is 1. The number of nitrogens with zero attached hydrogens (tertiary/aromatic N) is 2. The summed E-state index contributed by atoms with van der Waals surface area (Å²) >= 11 is 0. The quantitative estimate of drug-likeness (QED) is 0.805. The lowest BCUT2D eigenvalue weighted by atomic mass is 9.97. The first-order valence-corrected chi connectivity index (χ1v) is 8.11. The number of benzene rings is 1. The third-order valence-corrected chi connectivity index (χ3v) is 4.47. The van der Waals surface area contributed by atoms with Crippen LogP contribution in [0.2, 0.25) is 0 Å². The highest BCUT2D eigenvalue weighted by Gasteiger charge is 2.20. The summed E-state index contributed by atoms with van der Waals surface area (Å²) in [6, 6.07) is 8.35. The molecule has 1 fully saturated rings. The molecule has 0 amide bonds. The van der Waals surface area contributed by atoms with Crippen LogP contribution in [0.5, 0.6) is 0 Å². The smallest absolute Gasteiger partial charge is 0.134 e. The van der Waals surface area contributed by atoms with Crippen LogP contribution >= 0.6 is 0 Å². The topological polar surface area (TPSA) is 54.3 Å². The molecule has 4 rings (SSSR count). The summed E-state index contributed by atoms with van der Waals surface area (Å²) in [5.74, 6) is 0.487. The van der Waals surface area contributed by atoms with Gasteiger partial charge in [0.15, 0.2) is 0 Å². The Morgan fingerprint density at radius 1 is 1.30 bits per heavy atom. The average molecular weight is 311 g/mol. The summed E-state index contributed by atoms with van der Waals surface area (Å²) in [7, 11) is 0. The molecule has 1 atom stereocenters. The van der Waals surface area contributed by atoms with E-state index in [9.17, 15) is 0 Å². The SMILES string of the molecule is c1cc(C[C@@H]2COCCN(Cc3cnc[nH]3)C2)c2ccoc2c1. The van der Waals surface area contributed by atoms with Crippen LogP contribution in [-0.2, 0) is 17.7 Å². The van der Waals surface area contributed by atoms with E-state index in [4.69, 9.17) is 9.15 Å². The third-order valence-electron chi connectivity index (χ3n) is 4.47. The summed E-state index contributed by atoms with van der Waals surface area (Å²) in [5.41, 5.74) is 3.46. The summed E-state index contributed by atoms with van der Waals surface area (Å²) in [6.45, 7) is 4.50. The maximum Gasteiger partial charge on any atom is 0.134 e. The Labute approximate surface area is 135 Å². The molecule has 0 radical (unpaired) electrons. The second-order valence-electron chi connectivity index (χ2n) is 6.21. The lowest BCUT2D eigenvalue weighted by Crippen LogP contribution is -2.30. The van der Waals surface area contributed by atoms with E-state index in [0.717, 1.165) is 50.5 Å². The van der Waals surface area contributed by atoms with Crippen LogP contribution in [0.25, 0.3) is 11.0 Å². The van der Waals surface area contributed by atoms with Crippen molar-refractivity contribution in [2.75, 3.05) is 26.3 Å². The van der Waals surface area contributed by atoms with E-state index in [-0.39, 0.29) is 0 Å². The van der Waals surface area contributed by atoms with E-state index >= 15 is 0 Å². The van der Waals surface area contributed by atoms with Gasteiger partial charge in [-0.25, -0.2) is 4.98 Å². The first kappa shape index (κ1) is 14.5. The standard InChI is InChI=1S/C18H21N3O2/c1-2-15(17-4-6-23-18(17)3-1)8-14-10-21(5-7-22-12-14)11-16-9-19-13-20-16/h1-4,6,9,13-14H,5,7-8,10-12H2,(H,19,20)/t14-/m0/s1. The Morgan fingerprint density at radius 2 is 2.30 bits per heavy atom. The predicted molar refractivity (Wildman–Crippen MR) is 88.1 cm³/mol. The number of fused-ring (bicyclic) bond motifs is 1. The molecule has 1 aliphatic heterocycles. The van der Waals surface area contributed by atoms with Gasteiger partial charge in [-0.2, -0.15) is 0 Å². The average Bonchev–Trinajstić information content (AvgIpc) is 3.18. The highest BCUT2D eigenvalue weighted by molar-refractivity contribution is 5.80. The van der Waals surface area contributed by atoms with E-state index in [1.54, 1.807) is 12.6 Å². The molecule has 3 aromatic rings. The summed E-state index contributed by atoms with van der Waals surface area (Å²) < 4.78 is 11.3. The van der Waals surface area contributed by atoms with Gasteiger partial charge in [0.05, 0.1) is 25.8 Å². The number of nitrogens with one attached hydrogen (secondary N) is 1. The van der Waals surface area contributed by atoms with Crippen molar-refractivity contribution in [2.24, 2.45) is 5.92 Å². The number of hydrogen-bond acceptors (Lipinski definition) is 4. The van der Waals surface area contributed by atoms with Gasteiger partial charge in [-0.05, 0) is 30.0 Å². The van der Waals surface area contributed by atoms with Crippen molar-refractivity contribution in [3.05, 3.63) is 54.3 Å². The van der Waals surface area contributed by atoms with Crippen LogP contribution < -0.4 is 0 Å². The molecule has 3 heterocycles. The highest BCUT2D eigenvalue weighted by atomic mass is 16.5. The van der Waals surface area contributed by atoms with Gasteiger partial charge in [-0.1, -0.05) is 12.1 Å². The number of aromatic nitrogens is 2. The van der Waals surface area contributed by atoms with Crippen LogP contribution in [0.3, 0.4) is 0 Å². The van der Waals surface area contributed by atoms with Crippen LogP contribution in [0.1, 0.15) is 11.3 Å². The van der Waals surface area contributed by atoms with Crippen LogP contribution in [0, 0.1) is 5.92 Å². The molecule has 5 nitrogen and oxygen atoms in total. The molecule has 0 saturated carbocycles. The van der Waals surface area contributed by atoms with Crippen molar-refractivity contribution in [3.8, 4) is 0 Å².